The van der Waals surface area contributed by atoms with Crippen LogP contribution in [0.5, 0.6) is 0 Å². The molecular weight excluding hydrogens is 296 g/mol. The lowest BCUT2D eigenvalue weighted by atomic mass is 10.2. The molecule has 1 saturated carbocycles. The lowest BCUT2D eigenvalue weighted by Gasteiger charge is -2.25. The molecule has 0 atom stereocenters. The number of ether oxygens (including phenoxy) is 1. The van der Waals surface area contributed by atoms with E-state index in [1.165, 1.54) is 6.20 Å². The van der Waals surface area contributed by atoms with Gasteiger partial charge < -0.3 is 15.8 Å². The fraction of sp³-hybridized carbons (Fsp3) is 0.688. The normalized spacial score (nSPS) is 15.9. The number of hydrogen-bond donors (Lipinski definition) is 2. The number of carbonyl (C=O) groups is 2. The van der Waals surface area contributed by atoms with Crippen LogP contribution in [0.3, 0.4) is 0 Å². The topological polar surface area (TPSA) is 108 Å². The van der Waals surface area contributed by atoms with E-state index in [2.05, 4.69) is 5.32 Å². The van der Waals surface area contributed by atoms with Gasteiger partial charge in [-0.25, -0.2) is 4.79 Å². The summed E-state index contributed by atoms with van der Waals surface area (Å²) in [5, 5.41) is 12.0. The van der Waals surface area contributed by atoms with Crippen LogP contribution in [0.1, 0.15) is 46.5 Å². The van der Waals surface area contributed by atoms with Gasteiger partial charge in [0.15, 0.2) is 0 Å². The number of nitrogens with one attached hydrogen (secondary N) is 1. The van der Waals surface area contributed by atoms with E-state index in [1.807, 2.05) is 6.07 Å². The summed E-state index contributed by atoms with van der Waals surface area (Å²) in [6.45, 7) is 5.59. The third-order valence-electron chi connectivity index (χ3n) is 3.34. The van der Waals surface area contributed by atoms with Gasteiger partial charge in [0.2, 0.25) is 0 Å². The molecule has 0 aromatic heterocycles. The average molecular weight is 322 g/mol. The van der Waals surface area contributed by atoms with Crippen LogP contribution in [0.2, 0.25) is 0 Å². The van der Waals surface area contributed by atoms with E-state index < -0.39 is 17.6 Å². The first kappa shape index (κ1) is 19.0. The molecule has 7 heteroatoms. The van der Waals surface area contributed by atoms with Crippen molar-refractivity contribution in [3.63, 3.8) is 0 Å². The second-order valence-electron chi connectivity index (χ2n) is 6.57. The molecule has 128 valence electrons. The summed E-state index contributed by atoms with van der Waals surface area (Å²) in [6, 6.07) is 1.94. The van der Waals surface area contributed by atoms with Gasteiger partial charge in [0, 0.05) is 25.3 Å². The van der Waals surface area contributed by atoms with Gasteiger partial charge in [0.25, 0.3) is 5.91 Å². The molecule has 0 heterocycles. The standard InChI is InChI=1S/C16H26N4O3/c1-16(2,3)23-15(22)20(9-8-17)11-12(10-18)14(21)19-13-6-4-5-7-13/h11,13H,4-9,17H2,1-3H3,(H,19,21)/b12-11-. The molecule has 7 nitrogen and oxygen atoms in total. The molecule has 23 heavy (non-hydrogen) atoms. The molecule has 0 bridgehead atoms. The maximum absolute atomic E-state index is 12.2. The summed E-state index contributed by atoms with van der Waals surface area (Å²) in [4.78, 5) is 25.5. The molecule has 0 saturated heterocycles. The number of nitrogens with two attached hydrogens (primary N) is 1. The molecule has 0 unspecified atom stereocenters. The number of amides is 2. The lowest BCUT2D eigenvalue weighted by molar-refractivity contribution is -0.117. The third kappa shape index (κ3) is 6.70. The van der Waals surface area contributed by atoms with Crippen molar-refractivity contribution in [2.24, 2.45) is 5.73 Å². The molecule has 1 rings (SSSR count). The van der Waals surface area contributed by atoms with Gasteiger partial charge in [0.05, 0.1) is 0 Å². The molecular formula is C16H26N4O3. The predicted octanol–water partition coefficient (Wildman–Crippen LogP) is 1.65. The van der Waals surface area contributed by atoms with Gasteiger partial charge in [-0.1, -0.05) is 12.8 Å². The van der Waals surface area contributed by atoms with Gasteiger partial charge >= 0.3 is 6.09 Å². The summed E-state index contributed by atoms with van der Waals surface area (Å²) >= 11 is 0. The first-order chi connectivity index (χ1) is 10.8. The Morgan fingerprint density at radius 3 is 2.48 bits per heavy atom. The fourth-order valence-corrected chi connectivity index (χ4v) is 2.30. The van der Waals surface area contributed by atoms with Crippen LogP contribution in [0.25, 0.3) is 0 Å². The van der Waals surface area contributed by atoms with Crippen molar-refractivity contribution in [3.05, 3.63) is 11.8 Å². The number of nitriles is 1. The lowest BCUT2D eigenvalue weighted by Crippen LogP contribution is -2.38. The number of carbonyl (C=O) groups excluding carboxylic acids is 2. The Morgan fingerprint density at radius 2 is 2.00 bits per heavy atom. The second kappa shape index (κ2) is 8.53. The smallest absolute Gasteiger partial charge is 0.414 e. The van der Waals surface area contributed by atoms with E-state index in [4.69, 9.17) is 10.5 Å². The molecule has 0 aromatic rings. The molecule has 0 radical (unpaired) electrons. The first-order valence-corrected chi connectivity index (χ1v) is 7.89. The van der Waals surface area contributed by atoms with Crippen molar-refractivity contribution < 1.29 is 14.3 Å². The Morgan fingerprint density at radius 1 is 1.39 bits per heavy atom. The van der Waals surface area contributed by atoms with E-state index in [-0.39, 0.29) is 24.7 Å². The predicted molar refractivity (Wildman–Crippen MR) is 86.1 cm³/mol. The van der Waals surface area contributed by atoms with Crippen LogP contribution < -0.4 is 11.1 Å². The van der Waals surface area contributed by atoms with Gasteiger partial charge in [-0.05, 0) is 33.6 Å². The van der Waals surface area contributed by atoms with Crippen molar-refractivity contribution in [1.29, 1.82) is 5.26 Å². The highest BCUT2D eigenvalue weighted by Gasteiger charge is 2.23. The SMILES string of the molecule is CC(C)(C)OC(=O)N(/C=C(/C#N)C(=O)NC1CCCC1)CCN. The first-order valence-electron chi connectivity index (χ1n) is 7.89. The largest absolute Gasteiger partial charge is 0.443 e. The summed E-state index contributed by atoms with van der Waals surface area (Å²) in [5.74, 6) is -0.468. The molecule has 3 N–H and O–H groups in total. The number of hydrogen-bond acceptors (Lipinski definition) is 5. The van der Waals surface area contributed by atoms with Crippen LogP contribution in [-0.4, -0.2) is 41.6 Å². The molecule has 1 aliphatic rings. The maximum Gasteiger partial charge on any atom is 0.414 e. The molecule has 0 aromatic carbocycles. The van der Waals surface area contributed by atoms with Crippen LogP contribution in [-0.2, 0) is 9.53 Å². The average Bonchev–Trinajstić information content (AvgIpc) is 2.94. The van der Waals surface area contributed by atoms with Crippen molar-refractivity contribution in [3.8, 4) is 6.07 Å². The van der Waals surface area contributed by atoms with Gasteiger partial charge in [-0.2, -0.15) is 5.26 Å². The van der Waals surface area contributed by atoms with Crippen LogP contribution in [0, 0.1) is 11.3 Å². The highest BCUT2D eigenvalue weighted by Crippen LogP contribution is 2.18. The zero-order valence-electron chi connectivity index (χ0n) is 14.1. The Balaban J connectivity index is 2.82. The minimum atomic E-state index is -0.670. The summed E-state index contributed by atoms with van der Waals surface area (Å²) in [6.07, 6.45) is 4.57. The zero-order valence-corrected chi connectivity index (χ0v) is 14.1. The third-order valence-corrected chi connectivity index (χ3v) is 3.34. The number of nitrogens with zero attached hydrogens (tertiary/aromatic N) is 2. The van der Waals surface area contributed by atoms with Crippen molar-refractivity contribution in [2.75, 3.05) is 13.1 Å². The second-order valence-corrected chi connectivity index (χ2v) is 6.57. The van der Waals surface area contributed by atoms with Crippen LogP contribution >= 0.6 is 0 Å². The van der Waals surface area contributed by atoms with Gasteiger partial charge in [0.1, 0.15) is 17.2 Å². The van der Waals surface area contributed by atoms with Gasteiger partial charge in [-0.3, -0.25) is 9.69 Å². The molecule has 1 fully saturated rings. The summed E-state index contributed by atoms with van der Waals surface area (Å²) in [5.41, 5.74) is 4.70. The monoisotopic (exact) mass is 322 g/mol. The van der Waals surface area contributed by atoms with E-state index in [0.29, 0.717) is 0 Å². The summed E-state index contributed by atoms with van der Waals surface area (Å²) in [7, 11) is 0. The van der Waals surface area contributed by atoms with Crippen molar-refractivity contribution in [2.45, 2.75) is 58.1 Å². The Kier molecular flexibility index (Phi) is 7.04. The number of rotatable bonds is 5. The van der Waals surface area contributed by atoms with Gasteiger partial charge in [-0.15, -0.1) is 0 Å². The fourth-order valence-electron chi connectivity index (χ4n) is 2.30. The Labute approximate surface area is 137 Å². The molecule has 0 spiro atoms. The van der Waals surface area contributed by atoms with Crippen molar-refractivity contribution in [1.82, 2.24) is 10.2 Å². The van der Waals surface area contributed by atoms with E-state index in [1.54, 1.807) is 20.8 Å². The van der Waals surface area contributed by atoms with Crippen molar-refractivity contribution >= 4 is 12.0 Å². The highest BCUT2D eigenvalue weighted by molar-refractivity contribution is 5.97. The quantitative estimate of drug-likeness (QED) is 0.591. The summed E-state index contributed by atoms with van der Waals surface area (Å²) < 4.78 is 5.26. The Hall–Kier alpha value is -2.07. The Bertz CT molecular complexity index is 496. The molecule has 0 aliphatic heterocycles. The highest BCUT2D eigenvalue weighted by atomic mass is 16.6. The van der Waals surface area contributed by atoms with E-state index >= 15 is 0 Å². The van der Waals surface area contributed by atoms with Crippen LogP contribution in [0.4, 0.5) is 4.79 Å². The van der Waals surface area contributed by atoms with Crippen LogP contribution in [0.15, 0.2) is 11.8 Å². The minimum Gasteiger partial charge on any atom is -0.443 e. The maximum atomic E-state index is 12.2. The molecule has 1 aliphatic carbocycles. The van der Waals surface area contributed by atoms with E-state index in [0.717, 1.165) is 30.6 Å². The minimum absolute atomic E-state index is 0.101. The molecule has 2 amide bonds. The van der Waals surface area contributed by atoms with E-state index in [9.17, 15) is 14.9 Å². The zero-order chi connectivity index (χ0) is 17.5.